The van der Waals surface area contributed by atoms with Crippen LogP contribution in [0.15, 0.2) is 65.8 Å². The molecule has 278 valence electrons. The summed E-state index contributed by atoms with van der Waals surface area (Å²) in [5, 5.41) is 21.6. The Labute approximate surface area is 305 Å². The number of carboxylic acid groups (broad SMARTS) is 1. The van der Waals surface area contributed by atoms with Crippen molar-refractivity contribution < 1.29 is 37.4 Å². The zero-order valence-electron chi connectivity index (χ0n) is 27.9. The van der Waals surface area contributed by atoms with Crippen molar-refractivity contribution in [3.63, 3.8) is 0 Å². The van der Waals surface area contributed by atoms with Gasteiger partial charge in [0.2, 0.25) is 5.91 Å². The van der Waals surface area contributed by atoms with Gasteiger partial charge in [-0.2, -0.15) is 0 Å². The SMILES string of the molecule is CC(=O)O.COC(=O)N(CC[C@H]1Nc2cccc(c2)[C@@H](n2cnc(-c3cc(Cl)ccc3-n3cc(Cl)nn3)cc2=O)CCCCCNC1=O)C(F)(F)F. The summed E-state index contributed by atoms with van der Waals surface area (Å²) in [7, 11) is 0.852. The van der Waals surface area contributed by atoms with Gasteiger partial charge in [0.05, 0.1) is 37.1 Å². The summed E-state index contributed by atoms with van der Waals surface area (Å²) < 4.78 is 47.8. The fourth-order valence-electron chi connectivity index (χ4n) is 5.50. The Bertz CT molecular complexity index is 1940. The molecule has 3 N–H and O–H groups in total. The second kappa shape index (κ2) is 17.9. The molecule has 2 bridgehead atoms. The molecule has 52 heavy (non-hydrogen) atoms. The van der Waals surface area contributed by atoms with Gasteiger partial charge >= 0.3 is 12.4 Å². The fraction of sp³-hybridized carbons (Fsp3) is 0.364. The first-order chi connectivity index (χ1) is 24.7. The van der Waals surface area contributed by atoms with Crippen molar-refractivity contribution in [3.8, 4) is 16.9 Å². The Balaban J connectivity index is 0.00000144. The van der Waals surface area contributed by atoms with Crippen LogP contribution in [-0.4, -0.2) is 85.1 Å². The molecule has 0 radical (unpaired) electrons. The first kappa shape index (κ1) is 39.6. The van der Waals surface area contributed by atoms with Crippen LogP contribution in [0.1, 0.15) is 50.6 Å². The summed E-state index contributed by atoms with van der Waals surface area (Å²) >= 11 is 12.3. The molecule has 1 aliphatic rings. The Morgan fingerprint density at radius 2 is 1.85 bits per heavy atom. The predicted molar refractivity (Wildman–Crippen MR) is 185 cm³/mol. The zero-order chi connectivity index (χ0) is 38.0. The van der Waals surface area contributed by atoms with E-state index in [1.54, 1.807) is 36.4 Å². The number of rotatable bonds is 6. The lowest BCUT2D eigenvalue weighted by molar-refractivity contribution is -0.229. The second-order valence-corrected chi connectivity index (χ2v) is 12.4. The van der Waals surface area contributed by atoms with E-state index in [1.807, 2.05) is 6.07 Å². The highest BCUT2D eigenvalue weighted by atomic mass is 35.5. The van der Waals surface area contributed by atoms with Gasteiger partial charge in [0, 0.05) is 42.4 Å². The lowest BCUT2D eigenvalue weighted by atomic mass is 9.99. The molecule has 0 unspecified atom stereocenters. The largest absolute Gasteiger partial charge is 0.489 e. The maximum atomic E-state index is 13.7. The summed E-state index contributed by atoms with van der Waals surface area (Å²) in [5.41, 5.74) is 2.29. The third kappa shape index (κ3) is 10.7. The molecule has 2 amide bonds. The average Bonchev–Trinajstić information content (AvgIpc) is 3.52. The number of methoxy groups -OCH3 is 1. The van der Waals surface area contributed by atoms with E-state index in [2.05, 4.69) is 30.7 Å². The minimum absolute atomic E-state index is 0.185. The van der Waals surface area contributed by atoms with Gasteiger partial charge in [-0.3, -0.25) is 19.0 Å². The summed E-state index contributed by atoms with van der Waals surface area (Å²) in [6.45, 7) is 0.573. The highest BCUT2D eigenvalue weighted by Crippen LogP contribution is 2.30. The summed E-state index contributed by atoms with van der Waals surface area (Å²) in [6.07, 6.45) is -1.34. The molecule has 0 saturated carbocycles. The van der Waals surface area contributed by atoms with E-state index < -0.39 is 42.9 Å². The number of alkyl halides is 3. The third-order valence-corrected chi connectivity index (χ3v) is 8.25. The Morgan fingerprint density at radius 3 is 2.50 bits per heavy atom. The number of anilines is 1. The fourth-order valence-corrected chi connectivity index (χ4v) is 5.80. The number of fused-ring (bicyclic) bond motifs is 2. The van der Waals surface area contributed by atoms with E-state index >= 15 is 0 Å². The molecule has 2 aromatic carbocycles. The molecule has 4 aromatic rings. The predicted octanol–water partition coefficient (Wildman–Crippen LogP) is 5.93. The lowest BCUT2D eigenvalue weighted by Crippen LogP contribution is -2.47. The zero-order valence-corrected chi connectivity index (χ0v) is 29.5. The summed E-state index contributed by atoms with van der Waals surface area (Å²) in [5.74, 6) is -1.34. The second-order valence-electron chi connectivity index (χ2n) is 11.5. The van der Waals surface area contributed by atoms with Crippen molar-refractivity contribution in [2.24, 2.45) is 0 Å². The molecule has 2 atom stereocenters. The molecule has 5 rings (SSSR count). The molecule has 0 spiro atoms. The number of nitrogens with zero attached hydrogens (tertiary/aromatic N) is 6. The van der Waals surface area contributed by atoms with Gasteiger partial charge in [0.1, 0.15) is 6.04 Å². The van der Waals surface area contributed by atoms with Crippen LogP contribution in [0.5, 0.6) is 0 Å². The summed E-state index contributed by atoms with van der Waals surface area (Å²) in [6, 6.07) is 11.9. The monoisotopic (exact) mass is 766 g/mol. The van der Waals surface area contributed by atoms with Crippen LogP contribution in [0, 0.1) is 0 Å². The van der Waals surface area contributed by atoms with E-state index in [-0.39, 0.29) is 22.0 Å². The van der Waals surface area contributed by atoms with Crippen LogP contribution in [0.25, 0.3) is 16.9 Å². The highest BCUT2D eigenvalue weighted by molar-refractivity contribution is 6.31. The molecular formula is C33H35Cl2F3N8O6. The molecule has 14 nitrogen and oxygen atoms in total. The summed E-state index contributed by atoms with van der Waals surface area (Å²) in [4.78, 5) is 51.8. The molecule has 1 aliphatic heterocycles. The number of aliphatic carboxylic acids is 1. The maximum Gasteiger partial charge on any atom is 0.489 e. The molecule has 19 heteroatoms. The van der Waals surface area contributed by atoms with Crippen molar-refractivity contribution in [1.82, 2.24) is 34.8 Å². The number of benzene rings is 2. The number of hydrogen-bond donors (Lipinski definition) is 3. The van der Waals surface area contributed by atoms with Crippen LogP contribution in [-0.2, 0) is 14.3 Å². The standard InChI is InChI=1S/C31H31Cl2F3N8O4.C2H4O2/c1-48-30(47)43(31(34,35)36)13-11-23-29(46)37-12-4-2-3-8-25(19-6-5-7-21(14-19)39-23)42-18-38-24(16-28(42)45)22-15-20(32)9-10-26(22)44-17-27(33)40-41-44;1-2(3)4/h5-7,9-10,14-18,23,25,39H,2-4,8,11-13H2,1H3,(H,37,46);1H3,(H,3,4)/t23-,25+;/m1./s1. The lowest BCUT2D eigenvalue weighted by Gasteiger charge is -2.26. The van der Waals surface area contributed by atoms with Crippen molar-refractivity contribution in [2.45, 2.75) is 57.4 Å². The van der Waals surface area contributed by atoms with Crippen LogP contribution in [0.4, 0.5) is 23.7 Å². The average molecular weight is 768 g/mol. The number of carbonyl (C=O) groups is 3. The molecule has 0 aliphatic carbocycles. The van der Waals surface area contributed by atoms with Gasteiger partial charge in [-0.15, -0.1) is 18.3 Å². The number of amides is 2. The van der Waals surface area contributed by atoms with E-state index in [4.69, 9.17) is 33.1 Å². The van der Waals surface area contributed by atoms with E-state index in [1.165, 1.54) is 27.8 Å². The van der Waals surface area contributed by atoms with Crippen LogP contribution in [0.2, 0.25) is 10.2 Å². The maximum absolute atomic E-state index is 13.7. The minimum atomic E-state index is -4.99. The minimum Gasteiger partial charge on any atom is -0.481 e. The van der Waals surface area contributed by atoms with Crippen molar-refractivity contribution in [2.75, 3.05) is 25.5 Å². The van der Waals surface area contributed by atoms with Gasteiger partial charge in [-0.05, 0) is 55.2 Å². The van der Waals surface area contributed by atoms with Gasteiger partial charge < -0.3 is 20.5 Å². The first-order valence-electron chi connectivity index (χ1n) is 15.9. The molecule has 0 fully saturated rings. The van der Waals surface area contributed by atoms with E-state index in [9.17, 15) is 27.6 Å². The Kier molecular flexibility index (Phi) is 13.6. The number of halogens is 5. The quantitative estimate of drug-likeness (QED) is 0.200. The smallest absolute Gasteiger partial charge is 0.481 e. The molecule has 3 heterocycles. The number of aromatic nitrogens is 5. The third-order valence-electron chi connectivity index (χ3n) is 7.84. The number of carboxylic acids is 1. The normalized spacial score (nSPS) is 16.4. The molecule has 2 aromatic heterocycles. The first-order valence-corrected chi connectivity index (χ1v) is 16.7. The number of carbonyl (C=O) groups excluding carboxylic acids is 2. The number of ether oxygens (including phenoxy) is 1. The van der Waals surface area contributed by atoms with E-state index in [0.717, 1.165) is 19.6 Å². The number of hydrogen-bond acceptors (Lipinski definition) is 9. The van der Waals surface area contributed by atoms with Crippen molar-refractivity contribution in [3.05, 3.63) is 87.1 Å². The van der Waals surface area contributed by atoms with E-state index in [0.29, 0.717) is 59.9 Å². The van der Waals surface area contributed by atoms with Gasteiger partial charge in [-0.1, -0.05) is 53.4 Å². The van der Waals surface area contributed by atoms with Crippen LogP contribution >= 0.6 is 23.2 Å². The van der Waals surface area contributed by atoms with Crippen molar-refractivity contribution in [1.29, 1.82) is 0 Å². The Hall–Kier alpha value is -5.16. The highest BCUT2D eigenvalue weighted by Gasteiger charge is 2.42. The van der Waals surface area contributed by atoms with Crippen LogP contribution < -0.4 is 16.2 Å². The van der Waals surface area contributed by atoms with Crippen LogP contribution in [0.3, 0.4) is 0 Å². The number of nitrogens with one attached hydrogen (secondary N) is 2. The van der Waals surface area contributed by atoms with Gasteiger partial charge in [0.15, 0.2) is 5.15 Å². The van der Waals surface area contributed by atoms with Gasteiger partial charge in [-0.25, -0.2) is 19.4 Å². The van der Waals surface area contributed by atoms with Crippen molar-refractivity contribution >= 4 is 46.9 Å². The molecule has 0 saturated heterocycles. The molecular weight excluding hydrogens is 732 g/mol. The Morgan fingerprint density at radius 1 is 1.10 bits per heavy atom. The topological polar surface area (TPSA) is 174 Å². The van der Waals surface area contributed by atoms with Gasteiger partial charge in [0.25, 0.3) is 11.5 Å².